The third-order valence-electron chi connectivity index (χ3n) is 2.12. The molecule has 0 amide bonds. The molecule has 0 saturated carbocycles. The normalized spacial score (nSPS) is 14.0. The van der Waals surface area contributed by atoms with Crippen LogP contribution in [0.5, 0.6) is 5.75 Å². The van der Waals surface area contributed by atoms with Gasteiger partial charge in [-0.05, 0) is 6.07 Å². The van der Waals surface area contributed by atoms with Crippen LogP contribution in [-0.2, 0) is 0 Å². The molecule has 0 radical (unpaired) electrons. The van der Waals surface area contributed by atoms with Gasteiger partial charge in [0.1, 0.15) is 11.9 Å². The van der Waals surface area contributed by atoms with E-state index in [0.29, 0.717) is 11.3 Å². The van der Waals surface area contributed by atoms with Gasteiger partial charge in [0.25, 0.3) is 0 Å². The monoisotopic (exact) mass is 207 g/mol. The lowest BCUT2D eigenvalue weighted by atomic mass is 10.0. The van der Waals surface area contributed by atoms with Crippen molar-refractivity contribution in [1.82, 2.24) is 0 Å². The highest BCUT2D eigenvalue weighted by Crippen LogP contribution is 2.27. The summed E-state index contributed by atoms with van der Waals surface area (Å²) in [5.74, 6) is 0.502. The molecule has 0 saturated heterocycles. The molecular formula is C11H13NO3. The Morgan fingerprint density at radius 1 is 1.40 bits per heavy atom. The Morgan fingerprint density at radius 2 is 2.07 bits per heavy atom. The van der Waals surface area contributed by atoms with Crippen LogP contribution in [0.4, 0.5) is 0 Å². The molecule has 0 bridgehead atoms. The largest absolute Gasteiger partial charge is 0.496 e. The number of methoxy groups -OCH3 is 1. The fourth-order valence-corrected chi connectivity index (χ4v) is 1.32. The first-order valence-corrected chi connectivity index (χ1v) is 4.56. The van der Waals surface area contributed by atoms with Gasteiger partial charge < -0.3 is 14.9 Å². The molecule has 0 spiro atoms. The quantitative estimate of drug-likeness (QED) is 0.772. The lowest BCUT2D eigenvalue weighted by molar-refractivity contribution is 0.0202. The molecule has 4 nitrogen and oxygen atoms in total. The van der Waals surface area contributed by atoms with E-state index < -0.39 is 12.2 Å². The highest BCUT2D eigenvalue weighted by molar-refractivity contribution is 5.35. The molecule has 80 valence electrons. The summed E-state index contributed by atoms with van der Waals surface area (Å²) >= 11 is 0. The number of ether oxygens (including phenoxy) is 1. The van der Waals surface area contributed by atoms with Gasteiger partial charge in [0.05, 0.1) is 25.7 Å². The van der Waals surface area contributed by atoms with Crippen LogP contribution in [0.3, 0.4) is 0 Å². The summed E-state index contributed by atoms with van der Waals surface area (Å²) in [5.41, 5.74) is 0.489. The fraction of sp³-hybridized carbons (Fsp3) is 0.364. The van der Waals surface area contributed by atoms with Crippen molar-refractivity contribution in [3.05, 3.63) is 29.8 Å². The van der Waals surface area contributed by atoms with Crippen LogP contribution in [0.1, 0.15) is 18.1 Å². The summed E-state index contributed by atoms with van der Waals surface area (Å²) in [6.07, 6.45) is -2.30. The van der Waals surface area contributed by atoms with Crippen LogP contribution < -0.4 is 4.74 Å². The van der Waals surface area contributed by atoms with Crippen LogP contribution in [0, 0.1) is 11.3 Å². The van der Waals surface area contributed by atoms with Crippen LogP contribution in [0.15, 0.2) is 24.3 Å². The molecule has 0 aliphatic heterocycles. The standard InChI is InChI=1S/C11H13NO3/c1-15-10-5-3-2-4-8(10)11(14)9(13)6-7-12/h2-5,9,11,13-14H,6H2,1H3. The van der Waals surface area contributed by atoms with Crippen LogP contribution >= 0.6 is 0 Å². The first-order chi connectivity index (χ1) is 7.20. The molecule has 4 heteroatoms. The van der Waals surface area contributed by atoms with Gasteiger partial charge in [-0.2, -0.15) is 5.26 Å². The van der Waals surface area contributed by atoms with E-state index in [2.05, 4.69) is 0 Å². The molecule has 0 aliphatic rings. The molecule has 0 aromatic heterocycles. The minimum Gasteiger partial charge on any atom is -0.496 e. The molecule has 2 atom stereocenters. The summed E-state index contributed by atoms with van der Waals surface area (Å²) in [7, 11) is 1.49. The summed E-state index contributed by atoms with van der Waals surface area (Å²) in [6, 6.07) is 8.66. The van der Waals surface area contributed by atoms with E-state index in [4.69, 9.17) is 10.00 Å². The molecule has 0 heterocycles. The second-order valence-corrected chi connectivity index (χ2v) is 3.12. The summed E-state index contributed by atoms with van der Waals surface area (Å²) < 4.78 is 5.04. The van der Waals surface area contributed by atoms with Crippen molar-refractivity contribution in [2.24, 2.45) is 0 Å². The van der Waals surface area contributed by atoms with Gasteiger partial charge in [-0.25, -0.2) is 0 Å². The number of hydrogen-bond donors (Lipinski definition) is 2. The van der Waals surface area contributed by atoms with Crippen molar-refractivity contribution in [1.29, 1.82) is 5.26 Å². The number of nitriles is 1. The van der Waals surface area contributed by atoms with Crippen molar-refractivity contribution >= 4 is 0 Å². The molecular weight excluding hydrogens is 194 g/mol. The van der Waals surface area contributed by atoms with Crippen molar-refractivity contribution < 1.29 is 14.9 Å². The molecule has 1 aromatic carbocycles. The van der Waals surface area contributed by atoms with Crippen LogP contribution in [0.2, 0.25) is 0 Å². The smallest absolute Gasteiger partial charge is 0.124 e. The van der Waals surface area contributed by atoms with E-state index in [1.165, 1.54) is 7.11 Å². The van der Waals surface area contributed by atoms with Crippen LogP contribution in [0.25, 0.3) is 0 Å². The molecule has 15 heavy (non-hydrogen) atoms. The number of para-hydroxylation sites is 1. The number of benzene rings is 1. The zero-order valence-corrected chi connectivity index (χ0v) is 8.42. The second-order valence-electron chi connectivity index (χ2n) is 3.12. The van der Waals surface area contributed by atoms with Gasteiger partial charge in [0.15, 0.2) is 0 Å². The highest BCUT2D eigenvalue weighted by atomic mass is 16.5. The zero-order valence-electron chi connectivity index (χ0n) is 8.42. The Hall–Kier alpha value is -1.57. The van der Waals surface area contributed by atoms with E-state index in [1.54, 1.807) is 30.3 Å². The SMILES string of the molecule is COc1ccccc1C(O)C(O)CC#N. The van der Waals surface area contributed by atoms with Gasteiger partial charge in [-0.15, -0.1) is 0 Å². The van der Waals surface area contributed by atoms with Gasteiger partial charge >= 0.3 is 0 Å². The maximum Gasteiger partial charge on any atom is 0.124 e. The maximum atomic E-state index is 9.75. The zero-order chi connectivity index (χ0) is 11.3. The summed E-state index contributed by atoms with van der Waals surface area (Å²) in [4.78, 5) is 0. The second kappa shape index (κ2) is 5.35. The van der Waals surface area contributed by atoms with Crippen molar-refractivity contribution in [3.8, 4) is 11.8 Å². The number of aliphatic hydroxyl groups is 2. The fourth-order valence-electron chi connectivity index (χ4n) is 1.32. The Balaban J connectivity index is 2.90. The highest BCUT2D eigenvalue weighted by Gasteiger charge is 2.20. The lowest BCUT2D eigenvalue weighted by Crippen LogP contribution is -2.18. The third-order valence-corrected chi connectivity index (χ3v) is 2.12. The molecule has 0 aliphatic carbocycles. The average molecular weight is 207 g/mol. The van der Waals surface area contributed by atoms with E-state index >= 15 is 0 Å². The van der Waals surface area contributed by atoms with E-state index in [1.807, 2.05) is 0 Å². The number of nitrogens with zero attached hydrogens (tertiary/aromatic N) is 1. The number of rotatable bonds is 4. The minimum absolute atomic E-state index is 0.112. The predicted octanol–water partition coefficient (Wildman–Crippen LogP) is 1.00. The number of aliphatic hydroxyl groups excluding tert-OH is 2. The van der Waals surface area contributed by atoms with E-state index in [0.717, 1.165) is 0 Å². The van der Waals surface area contributed by atoms with Gasteiger partial charge in [0, 0.05) is 5.56 Å². The maximum absolute atomic E-state index is 9.75. The molecule has 2 N–H and O–H groups in total. The van der Waals surface area contributed by atoms with E-state index in [9.17, 15) is 10.2 Å². The van der Waals surface area contributed by atoms with Gasteiger partial charge in [-0.1, -0.05) is 18.2 Å². The van der Waals surface area contributed by atoms with Crippen molar-refractivity contribution in [2.75, 3.05) is 7.11 Å². The Morgan fingerprint density at radius 3 is 2.67 bits per heavy atom. The van der Waals surface area contributed by atoms with Crippen molar-refractivity contribution in [3.63, 3.8) is 0 Å². The molecule has 1 aromatic rings. The third kappa shape index (κ3) is 2.69. The number of hydrogen-bond acceptors (Lipinski definition) is 4. The van der Waals surface area contributed by atoms with Crippen molar-refractivity contribution in [2.45, 2.75) is 18.6 Å². The van der Waals surface area contributed by atoms with Gasteiger partial charge in [-0.3, -0.25) is 0 Å². The van der Waals surface area contributed by atoms with E-state index in [-0.39, 0.29) is 6.42 Å². The summed E-state index contributed by atoms with van der Waals surface area (Å²) in [6.45, 7) is 0. The molecule has 2 unspecified atom stereocenters. The molecule has 1 rings (SSSR count). The first-order valence-electron chi connectivity index (χ1n) is 4.56. The Kier molecular flexibility index (Phi) is 4.10. The Bertz CT molecular complexity index is 359. The van der Waals surface area contributed by atoms with Gasteiger partial charge in [0.2, 0.25) is 0 Å². The average Bonchev–Trinajstić information content (AvgIpc) is 2.28. The van der Waals surface area contributed by atoms with Crippen LogP contribution in [-0.4, -0.2) is 23.4 Å². The lowest BCUT2D eigenvalue weighted by Gasteiger charge is -2.17. The first kappa shape index (κ1) is 11.5. The Labute approximate surface area is 88.4 Å². The molecule has 0 fully saturated rings. The minimum atomic E-state index is -1.10. The topological polar surface area (TPSA) is 73.5 Å². The predicted molar refractivity (Wildman–Crippen MR) is 54.2 cm³/mol. The summed E-state index contributed by atoms with van der Waals surface area (Å²) in [5, 5.41) is 27.6.